The van der Waals surface area contributed by atoms with Crippen LogP contribution in [0.2, 0.25) is 0 Å². The maximum Gasteiger partial charge on any atom is 0.307 e. The van der Waals surface area contributed by atoms with Crippen LogP contribution in [0.25, 0.3) is 0 Å². The number of hydrogen-bond donors (Lipinski definition) is 3. The highest BCUT2D eigenvalue weighted by molar-refractivity contribution is 5.85. The van der Waals surface area contributed by atoms with Crippen LogP contribution in [0.3, 0.4) is 0 Å². The van der Waals surface area contributed by atoms with Gasteiger partial charge in [0.1, 0.15) is 0 Å². The zero-order valence-electron chi connectivity index (χ0n) is 10.5. The Bertz CT molecular complexity index is 331. The Hall–Kier alpha value is -1.10. The molecule has 0 aromatic rings. The fourth-order valence-electron chi connectivity index (χ4n) is 3.17. The molecule has 3 N–H and O–H groups in total. The van der Waals surface area contributed by atoms with E-state index in [1.165, 1.54) is 0 Å². The summed E-state index contributed by atoms with van der Waals surface area (Å²) in [6, 6.07) is 0.0105. The van der Waals surface area contributed by atoms with Crippen LogP contribution in [-0.4, -0.2) is 34.2 Å². The standard InChI is InChI=1S/C13H21NO4/c15-9-4-1-3-8(7-9)14-12(16)10-5-2-6-11(10)13(17)18/h8-11,15H,1-7H2,(H,14,16)(H,17,18)/t8?,9?,10-,11+/m1/s1. The molecule has 2 fully saturated rings. The Morgan fingerprint density at radius 1 is 1.00 bits per heavy atom. The number of nitrogens with one attached hydrogen (secondary N) is 1. The summed E-state index contributed by atoms with van der Waals surface area (Å²) in [6.45, 7) is 0. The second-order valence-electron chi connectivity index (χ2n) is 5.51. The average molecular weight is 255 g/mol. The number of carboxylic acid groups (broad SMARTS) is 1. The highest BCUT2D eigenvalue weighted by Crippen LogP contribution is 2.32. The van der Waals surface area contributed by atoms with Crippen molar-refractivity contribution < 1.29 is 19.8 Å². The number of rotatable bonds is 3. The van der Waals surface area contributed by atoms with Crippen LogP contribution in [0.4, 0.5) is 0 Å². The molecule has 18 heavy (non-hydrogen) atoms. The van der Waals surface area contributed by atoms with Crippen molar-refractivity contribution in [2.45, 2.75) is 57.1 Å². The largest absolute Gasteiger partial charge is 0.481 e. The lowest BCUT2D eigenvalue weighted by molar-refractivity contribution is -0.146. The van der Waals surface area contributed by atoms with Crippen molar-refractivity contribution >= 4 is 11.9 Å². The smallest absolute Gasteiger partial charge is 0.307 e. The number of aliphatic carboxylic acids is 1. The number of carbonyl (C=O) groups excluding carboxylic acids is 1. The maximum atomic E-state index is 12.1. The van der Waals surface area contributed by atoms with Gasteiger partial charge >= 0.3 is 5.97 Å². The summed E-state index contributed by atoms with van der Waals surface area (Å²) in [7, 11) is 0. The van der Waals surface area contributed by atoms with E-state index in [-0.39, 0.29) is 24.0 Å². The summed E-state index contributed by atoms with van der Waals surface area (Å²) < 4.78 is 0. The number of carbonyl (C=O) groups is 2. The molecule has 2 saturated carbocycles. The van der Waals surface area contributed by atoms with E-state index in [0.29, 0.717) is 19.3 Å². The lowest BCUT2D eigenvalue weighted by Gasteiger charge is -2.28. The average Bonchev–Trinajstić information content (AvgIpc) is 2.77. The van der Waals surface area contributed by atoms with Crippen molar-refractivity contribution in [3.63, 3.8) is 0 Å². The molecule has 0 aromatic carbocycles. The molecule has 0 aliphatic heterocycles. The minimum Gasteiger partial charge on any atom is -0.481 e. The fraction of sp³-hybridized carbons (Fsp3) is 0.846. The van der Waals surface area contributed by atoms with Gasteiger partial charge in [0.15, 0.2) is 0 Å². The molecule has 2 aliphatic carbocycles. The monoisotopic (exact) mass is 255 g/mol. The van der Waals surface area contributed by atoms with Gasteiger partial charge in [-0.1, -0.05) is 6.42 Å². The zero-order chi connectivity index (χ0) is 13.1. The molecular weight excluding hydrogens is 234 g/mol. The molecule has 5 nitrogen and oxygen atoms in total. The van der Waals surface area contributed by atoms with E-state index in [2.05, 4.69) is 5.32 Å². The third kappa shape index (κ3) is 3.02. The van der Waals surface area contributed by atoms with E-state index in [0.717, 1.165) is 25.7 Å². The molecule has 2 aliphatic rings. The predicted octanol–water partition coefficient (Wildman–Crippen LogP) is 0.907. The molecule has 0 aromatic heterocycles. The number of carboxylic acids is 1. The SMILES string of the molecule is O=C(O)[C@H]1CCC[C@H]1C(=O)NC1CCCC(O)C1. The van der Waals surface area contributed by atoms with Gasteiger partial charge in [0, 0.05) is 6.04 Å². The Morgan fingerprint density at radius 2 is 1.67 bits per heavy atom. The fourth-order valence-corrected chi connectivity index (χ4v) is 3.17. The Labute approximate surface area is 107 Å². The van der Waals surface area contributed by atoms with Gasteiger partial charge < -0.3 is 15.5 Å². The summed E-state index contributed by atoms with van der Waals surface area (Å²) in [6.07, 6.45) is 4.93. The van der Waals surface area contributed by atoms with Crippen LogP contribution in [0.1, 0.15) is 44.9 Å². The van der Waals surface area contributed by atoms with E-state index >= 15 is 0 Å². The number of aliphatic hydroxyl groups excluding tert-OH is 1. The molecule has 5 heteroatoms. The number of amides is 1. The molecule has 2 unspecified atom stereocenters. The van der Waals surface area contributed by atoms with Gasteiger partial charge in [-0.25, -0.2) is 0 Å². The van der Waals surface area contributed by atoms with E-state index in [1.54, 1.807) is 0 Å². The molecular formula is C13H21NO4. The number of hydrogen-bond acceptors (Lipinski definition) is 3. The van der Waals surface area contributed by atoms with Gasteiger partial charge in [-0.05, 0) is 38.5 Å². The van der Waals surface area contributed by atoms with Crippen LogP contribution >= 0.6 is 0 Å². The first-order valence-corrected chi connectivity index (χ1v) is 6.79. The molecule has 0 bridgehead atoms. The Balaban J connectivity index is 1.89. The van der Waals surface area contributed by atoms with Gasteiger partial charge in [0.05, 0.1) is 17.9 Å². The Morgan fingerprint density at radius 3 is 2.33 bits per heavy atom. The van der Waals surface area contributed by atoms with E-state index < -0.39 is 11.9 Å². The first-order valence-electron chi connectivity index (χ1n) is 6.79. The van der Waals surface area contributed by atoms with Crippen molar-refractivity contribution in [2.24, 2.45) is 11.8 Å². The lowest BCUT2D eigenvalue weighted by Crippen LogP contribution is -2.44. The Kier molecular flexibility index (Phi) is 4.22. The van der Waals surface area contributed by atoms with Gasteiger partial charge in [0.2, 0.25) is 5.91 Å². The third-order valence-corrected chi connectivity index (χ3v) is 4.16. The van der Waals surface area contributed by atoms with E-state index in [9.17, 15) is 14.7 Å². The first kappa shape index (κ1) is 13.3. The van der Waals surface area contributed by atoms with Crippen LogP contribution < -0.4 is 5.32 Å². The first-order chi connectivity index (χ1) is 8.58. The highest BCUT2D eigenvalue weighted by Gasteiger charge is 2.38. The van der Waals surface area contributed by atoms with Crippen LogP contribution in [0, 0.1) is 11.8 Å². The maximum absolute atomic E-state index is 12.1. The molecule has 1 amide bonds. The normalized spacial score (nSPS) is 36.3. The van der Waals surface area contributed by atoms with Crippen LogP contribution in [-0.2, 0) is 9.59 Å². The zero-order valence-corrected chi connectivity index (χ0v) is 10.5. The summed E-state index contributed by atoms with van der Waals surface area (Å²) in [5.41, 5.74) is 0. The minimum absolute atomic E-state index is 0.0105. The number of aliphatic hydroxyl groups is 1. The molecule has 2 rings (SSSR count). The van der Waals surface area contributed by atoms with Gasteiger partial charge in [-0.2, -0.15) is 0 Å². The van der Waals surface area contributed by atoms with Crippen LogP contribution in [0.15, 0.2) is 0 Å². The van der Waals surface area contributed by atoms with Crippen LogP contribution in [0.5, 0.6) is 0 Å². The van der Waals surface area contributed by atoms with Crippen molar-refractivity contribution in [1.29, 1.82) is 0 Å². The molecule has 0 radical (unpaired) electrons. The summed E-state index contributed by atoms with van der Waals surface area (Å²) in [4.78, 5) is 23.1. The predicted molar refractivity (Wildman–Crippen MR) is 64.9 cm³/mol. The van der Waals surface area contributed by atoms with Crippen molar-refractivity contribution in [3.8, 4) is 0 Å². The molecule has 102 valence electrons. The quantitative estimate of drug-likeness (QED) is 0.699. The summed E-state index contributed by atoms with van der Waals surface area (Å²) in [5.74, 6) is -1.92. The second-order valence-corrected chi connectivity index (χ2v) is 5.51. The van der Waals surface area contributed by atoms with Gasteiger partial charge in [0.25, 0.3) is 0 Å². The van der Waals surface area contributed by atoms with Gasteiger partial charge in [-0.3, -0.25) is 9.59 Å². The van der Waals surface area contributed by atoms with Crippen molar-refractivity contribution in [3.05, 3.63) is 0 Å². The molecule has 4 atom stereocenters. The molecule has 0 heterocycles. The highest BCUT2D eigenvalue weighted by atomic mass is 16.4. The second kappa shape index (κ2) is 5.69. The molecule has 0 spiro atoms. The summed E-state index contributed by atoms with van der Waals surface area (Å²) >= 11 is 0. The van der Waals surface area contributed by atoms with Crippen molar-refractivity contribution in [2.75, 3.05) is 0 Å². The summed E-state index contributed by atoms with van der Waals surface area (Å²) in [5, 5.41) is 21.5. The molecule has 0 saturated heterocycles. The third-order valence-electron chi connectivity index (χ3n) is 4.16. The lowest BCUT2D eigenvalue weighted by atomic mass is 9.91. The van der Waals surface area contributed by atoms with Gasteiger partial charge in [-0.15, -0.1) is 0 Å². The van der Waals surface area contributed by atoms with E-state index in [1.807, 2.05) is 0 Å². The topological polar surface area (TPSA) is 86.6 Å². The van der Waals surface area contributed by atoms with Crippen molar-refractivity contribution in [1.82, 2.24) is 5.32 Å². The minimum atomic E-state index is -0.865. The van der Waals surface area contributed by atoms with E-state index in [4.69, 9.17) is 5.11 Å².